The topological polar surface area (TPSA) is 29.3 Å². The van der Waals surface area contributed by atoms with Crippen LogP contribution in [0.25, 0.3) is 16.7 Å². The minimum atomic E-state index is 0.790. The molecule has 3 aromatic rings. The van der Waals surface area contributed by atoms with Crippen LogP contribution in [0.1, 0.15) is 34.6 Å². The summed E-state index contributed by atoms with van der Waals surface area (Å²) in [6.07, 6.45) is 3.25. The van der Waals surface area contributed by atoms with Gasteiger partial charge in [-0.2, -0.15) is 0 Å². The van der Waals surface area contributed by atoms with Crippen LogP contribution in [-0.4, -0.2) is 23.0 Å². The van der Waals surface area contributed by atoms with Crippen molar-refractivity contribution in [2.45, 2.75) is 33.7 Å². The molecule has 0 spiro atoms. The first-order valence-electron chi connectivity index (χ1n) is 8.93. The molecule has 128 valence electrons. The van der Waals surface area contributed by atoms with Crippen LogP contribution in [0, 0.1) is 20.8 Å². The highest BCUT2D eigenvalue weighted by molar-refractivity contribution is 5.79. The van der Waals surface area contributed by atoms with E-state index in [1.807, 2.05) is 0 Å². The molecule has 2 aromatic carbocycles. The summed E-state index contributed by atoms with van der Waals surface area (Å²) in [6.45, 7) is 9.29. The number of aryl methyl sites for hydroxylation is 3. The van der Waals surface area contributed by atoms with Crippen molar-refractivity contribution in [1.29, 1.82) is 0 Å². The molecule has 0 saturated heterocycles. The SMILES string of the molecule is Cc1ccc(CN2CC=C(c3nc4cc(C)cc(C)c4o3)CC2)cc1. The van der Waals surface area contributed by atoms with E-state index in [-0.39, 0.29) is 0 Å². The Morgan fingerprint density at radius 1 is 1.04 bits per heavy atom. The zero-order chi connectivity index (χ0) is 17.4. The number of fused-ring (bicyclic) bond motifs is 1. The summed E-state index contributed by atoms with van der Waals surface area (Å²) >= 11 is 0. The molecule has 3 nitrogen and oxygen atoms in total. The third-order valence-corrected chi connectivity index (χ3v) is 4.91. The number of hydrogen-bond donors (Lipinski definition) is 0. The van der Waals surface area contributed by atoms with Crippen LogP contribution in [0.4, 0.5) is 0 Å². The van der Waals surface area contributed by atoms with Gasteiger partial charge in [-0.1, -0.05) is 42.0 Å². The fraction of sp³-hybridized carbons (Fsp3) is 0.318. The number of aromatic nitrogens is 1. The Morgan fingerprint density at radius 3 is 2.56 bits per heavy atom. The number of rotatable bonds is 3. The summed E-state index contributed by atoms with van der Waals surface area (Å²) in [5.74, 6) is 0.790. The van der Waals surface area contributed by atoms with E-state index in [0.29, 0.717) is 0 Å². The molecule has 0 amide bonds. The quantitative estimate of drug-likeness (QED) is 0.673. The second kappa shape index (κ2) is 6.49. The fourth-order valence-corrected chi connectivity index (χ4v) is 3.51. The summed E-state index contributed by atoms with van der Waals surface area (Å²) in [7, 11) is 0. The Balaban J connectivity index is 1.50. The van der Waals surface area contributed by atoms with Gasteiger partial charge >= 0.3 is 0 Å². The van der Waals surface area contributed by atoms with Gasteiger partial charge in [0.2, 0.25) is 5.89 Å². The average Bonchev–Trinajstić information content (AvgIpc) is 3.02. The maximum atomic E-state index is 6.06. The molecule has 1 aromatic heterocycles. The molecular weight excluding hydrogens is 308 g/mol. The fourth-order valence-electron chi connectivity index (χ4n) is 3.51. The van der Waals surface area contributed by atoms with Crippen LogP contribution in [0.2, 0.25) is 0 Å². The molecule has 4 rings (SSSR count). The zero-order valence-electron chi connectivity index (χ0n) is 15.2. The monoisotopic (exact) mass is 332 g/mol. The van der Waals surface area contributed by atoms with E-state index in [9.17, 15) is 0 Å². The molecule has 0 fully saturated rings. The van der Waals surface area contributed by atoms with Gasteiger partial charge in [-0.05, 0) is 49.9 Å². The standard InChI is InChI=1S/C22H24N2O/c1-15-4-6-18(7-5-15)14-24-10-8-19(9-11-24)22-23-20-13-16(2)12-17(3)21(20)25-22/h4-8,12-13H,9-11,14H2,1-3H3. The van der Waals surface area contributed by atoms with Crippen molar-refractivity contribution < 1.29 is 4.42 Å². The Morgan fingerprint density at radius 2 is 1.84 bits per heavy atom. The van der Waals surface area contributed by atoms with Crippen LogP contribution < -0.4 is 0 Å². The summed E-state index contributed by atoms with van der Waals surface area (Å²) in [4.78, 5) is 7.19. The van der Waals surface area contributed by atoms with Crippen molar-refractivity contribution in [3.05, 3.63) is 70.6 Å². The van der Waals surface area contributed by atoms with Gasteiger partial charge in [0.05, 0.1) is 0 Å². The van der Waals surface area contributed by atoms with Gasteiger partial charge in [0.15, 0.2) is 5.58 Å². The number of nitrogens with zero attached hydrogens (tertiary/aromatic N) is 2. The van der Waals surface area contributed by atoms with Crippen LogP contribution in [0.3, 0.4) is 0 Å². The highest BCUT2D eigenvalue weighted by Gasteiger charge is 2.18. The summed E-state index contributed by atoms with van der Waals surface area (Å²) in [5, 5.41) is 0. The highest BCUT2D eigenvalue weighted by Crippen LogP contribution is 2.28. The first-order valence-corrected chi connectivity index (χ1v) is 8.93. The van der Waals surface area contributed by atoms with E-state index >= 15 is 0 Å². The van der Waals surface area contributed by atoms with Crippen LogP contribution in [0.15, 0.2) is 46.9 Å². The second-order valence-corrected chi connectivity index (χ2v) is 7.15. The minimum absolute atomic E-state index is 0.790. The Bertz CT molecular complexity index is 935. The average molecular weight is 332 g/mol. The molecular formula is C22H24N2O. The predicted molar refractivity (Wildman–Crippen MR) is 103 cm³/mol. The normalized spacial score (nSPS) is 15.6. The Kier molecular flexibility index (Phi) is 4.18. The molecule has 0 radical (unpaired) electrons. The molecule has 1 aliphatic rings. The van der Waals surface area contributed by atoms with Crippen molar-refractivity contribution in [3.63, 3.8) is 0 Å². The number of oxazole rings is 1. The van der Waals surface area contributed by atoms with Crippen molar-refractivity contribution in [3.8, 4) is 0 Å². The second-order valence-electron chi connectivity index (χ2n) is 7.15. The van der Waals surface area contributed by atoms with E-state index in [4.69, 9.17) is 9.40 Å². The van der Waals surface area contributed by atoms with Gasteiger partial charge in [0.25, 0.3) is 0 Å². The first-order chi connectivity index (χ1) is 12.1. The van der Waals surface area contributed by atoms with Gasteiger partial charge in [0, 0.05) is 25.2 Å². The lowest BCUT2D eigenvalue weighted by atomic mass is 10.1. The first kappa shape index (κ1) is 16.1. The summed E-state index contributed by atoms with van der Waals surface area (Å²) < 4.78 is 6.06. The van der Waals surface area contributed by atoms with E-state index in [2.05, 4.69) is 68.1 Å². The lowest BCUT2D eigenvalue weighted by Crippen LogP contribution is -2.28. The van der Waals surface area contributed by atoms with E-state index in [0.717, 1.165) is 48.6 Å². The van der Waals surface area contributed by atoms with Crippen molar-refractivity contribution in [2.75, 3.05) is 13.1 Å². The lowest BCUT2D eigenvalue weighted by Gasteiger charge is -2.25. The van der Waals surface area contributed by atoms with Gasteiger partial charge in [-0.15, -0.1) is 0 Å². The summed E-state index contributed by atoms with van der Waals surface area (Å²) in [6, 6.07) is 13.1. The van der Waals surface area contributed by atoms with Crippen molar-refractivity contribution in [2.24, 2.45) is 0 Å². The molecule has 25 heavy (non-hydrogen) atoms. The van der Waals surface area contributed by atoms with E-state index in [1.165, 1.54) is 22.3 Å². The lowest BCUT2D eigenvalue weighted by molar-refractivity contribution is 0.292. The molecule has 0 atom stereocenters. The highest BCUT2D eigenvalue weighted by atomic mass is 16.3. The minimum Gasteiger partial charge on any atom is -0.436 e. The van der Waals surface area contributed by atoms with Crippen LogP contribution >= 0.6 is 0 Å². The van der Waals surface area contributed by atoms with Crippen LogP contribution in [0.5, 0.6) is 0 Å². The zero-order valence-corrected chi connectivity index (χ0v) is 15.2. The Labute approximate surface area is 149 Å². The molecule has 0 N–H and O–H groups in total. The van der Waals surface area contributed by atoms with Gasteiger partial charge in [0.1, 0.15) is 5.52 Å². The molecule has 0 bridgehead atoms. The number of benzene rings is 2. The van der Waals surface area contributed by atoms with Crippen molar-refractivity contribution >= 4 is 16.7 Å². The maximum Gasteiger partial charge on any atom is 0.223 e. The molecule has 2 heterocycles. The Hall–Kier alpha value is -2.39. The summed E-state index contributed by atoms with van der Waals surface area (Å²) in [5.41, 5.74) is 8.19. The third kappa shape index (κ3) is 3.38. The number of hydrogen-bond acceptors (Lipinski definition) is 3. The van der Waals surface area contributed by atoms with Gasteiger partial charge in [-0.25, -0.2) is 4.98 Å². The largest absolute Gasteiger partial charge is 0.436 e. The van der Waals surface area contributed by atoms with Crippen molar-refractivity contribution in [1.82, 2.24) is 9.88 Å². The molecule has 0 aliphatic carbocycles. The van der Waals surface area contributed by atoms with E-state index < -0.39 is 0 Å². The van der Waals surface area contributed by atoms with Crippen LogP contribution in [-0.2, 0) is 6.54 Å². The maximum absolute atomic E-state index is 6.06. The third-order valence-electron chi connectivity index (χ3n) is 4.91. The molecule has 0 unspecified atom stereocenters. The van der Waals surface area contributed by atoms with Gasteiger partial charge < -0.3 is 4.42 Å². The molecule has 0 saturated carbocycles. The molecule has 1 aliphatic heterocycles. The van der Waals surface area contributed by atoms with E-state index in [1.54, 1.807) is 0 Å². The van der Waals surface area contributed by atoms with Gasteiger partial charge in [-0.3, -0.25) is 4.90 Å². The predicted octanol–water partition coefficient (Wildman–Crippen LogP) is 5.04. The smallest absolute Gasteiger partial charge is 0.223 e. The molecule has 3 heteroatoms.